The number of imidazole rings is 1. The van der Waals surface area contributed by atoms with Gasteiger partial charge in [0.25, 0.3) is 0 Å². The standard InChI is InChI=1S/C29H26N8OS/c38-25(10-17-4-2-1-3-5-17)33-20-11-19(13-30-14-20)23-12-22-24(15-32-23)36-37-27(22)29-34-26-21(18-7-9-39-16-18)6-8-31-28(26)35-29/h6-9,11-17H,1-5,10H2,(H,33,38)(H,36,37)(H,31,34,35). The van der Waals surface area contributed by atoms with Gasteiger partial charge in [-0.05, 0) is 59.3 Å². The lowest BCUT2D eigenvalue weighted by Crippen LogP contribution is -2.18. The van der Waals surface area contributed by atoms with Gasteiger partial charge in [0.05, 0.1) is 34.8 Å². The summed E-state index contributed by atoms with van der Waals surface area (Å²) in [4.78, 5) is 34.3. The van der Waals surface area contributed by atoms with E-state index in [0.717, 1.165) is 51.6 Å². The fourth-order valence-corrected chi connectivity index (χ4v) is 6.11. The molecule has 1 saturated carbocycles. The highest BCUT2D eigenvalue weighted by Crippen LogP contribution is 2.33. The molecule has 6 aromatic rings. The lowest BCUT2D eigenvalue weighted by molar-refractivity contribution is -0.117. The van der Waals surface area contributed by atoms with Gasteiger partial charge < -0.3 is 10.3 Å². The van der Waals surface area contributed by atoms with Gasteiger partial charge in [-0.3, -0.25) is 19.9 Å². The van der Waals surface area contributed by atoms with Crippen LogP contribution in [0, 0.1) is 5.92 Å². The fraction of sp³-hybridized carbons (Fsp3) is 0.241. The van der Waals surface area contributed by atoms with Crippen LogP contribution in [-0.4, -0.2) is 41.0 Å². The second kappa shape index (κ2) is 10.0. The average Bonchev–Trinajstić information content (AvgIpc) is 3.73. The van der Waals surface area contributed by atoms with Crippen LogP contribution in [0.25, 0.3) is 56.0 Å². The van der Waals surface area contributed by atoms with Crippen molar-refractivity contribution >= 4 is 45.0 Å². The first-order valence-electron chi connectivity index (χ1n) is 13.2. The minimum Gasteiger partial charge on any atom is -0.335 e. The number of thiophene rings is 1. The maximum atomic E-state index is 12.7. The van der Waals surface area contributed by atoms with Gasteiger partial charge in [-0.1, -0.05) is 19.3 Å². The zero-order valence-corrected chi connectivity index (χ0v) is 22.0. The number of carbonyl (C=O) groups is 1. The van der Waals surface area contributed by atoms with Crippen molar-refractivity contribution in [2.24, 2.45) is 5.92 Å². The van der Waals surface area contributed by atoms with Crippen LogP contribution in [0.5, 0.6) is 0 Å². The van der Waals surface area contributed by atoms with Crippen molar-refractivity contribution in [2.45, 2.75) is 38.5 Å². The summed E-state index contributed by atoms with van der Waals surface area (Å²) in [7, 11) is 0. The summed E-state index contributed by atoms with van der Waals surface area (Å²) < 4.78 is 0. The first-order valence-corrected chi connectivity index (χ1v) is 14.1. The van der Waals surface area contributed by atoms with Crippen molar-refractivity contribution in [3.05, 3.63) is 59.8 Å². The number of hydrogen-bond donors (Lipinski definition) is 3. The van der Waals surface area contributed by atoms with E-state index in [-0.39, 0.29) is 5.91 Å². The molecule has 1 aliphatic rings. The van der Waals surface area contributed by atoms with Crippen molar-refractivity contribution in [3.8, 4) is 33.9 Å². The number of pyridine rings is 3. The molecule has 194 valence electrons. The molecule has 39 heavy (non-hydrogen) atoms. The molecule has 1 amide bonds. The van der Waals surface area contributed by atoms with Crippen molar-refractivity contribution in [3.63, 3.8) is 0 Å². The third-order valence-electron chi connectivity index (χ3n) is 7.41. The van der Waals surface area contributed by atoms with Crippen LogP contribution in [0.3, 0.4) is 0 Å². The van der Waals surface area contributed by atoms with Crippen molar-refractivity contribution < 1.29 is 4.79 Å². The van der Waals surface area contributed by atoms with Crippen molar-refractivity contribution in [2.75, 3.05) is 5.32 Å². The highest BCUT2D eigenvalue weighted by Gasteiger charge is 2.19. The SMILES string of the molecule is O=C(CC1CCCCC1)Nc1cncc(-c2cc3c(-c4nc5nccc(-c6ccsc6)c5[nH]4)n[nH]c3cn2)c1. The number of aromatic nitrogens is 7. The smallest absolute Gasteiger partial charge is 0.224 e. The van der Waals surface area contributed by atoms with E-state index in [1.807, 2.05) is 18.2 Å². The molecule has 0 radical (unpaired) electrons. The molecule has 0 bridgehead atoms. The molecule has 6 heterocycles. The van der Waals surface area contributed by atoms with Crippen LogP contribution in [0.1, 0.15) is 38.5 Å². The van der Waals surface area contributed by atoms with Gasteiger partial charge in [-0.15, -0.1) is 0 Å². The van der Waals surface area contributed by atoms with Crippen molar-refractivity contribution in [1.29, 1.82) is 0 Å². The predicted octanol–water partition coefficient (Wildman–Crippen LogP) is 6.60. The van der Waals surface area contributed by atoms with Crippen LogP contribution in [0.2, 0.25) is 0 Å². The Morgan fingerprint density at radius 2 is 1.97 bits per heavy atom. The van der Waals surface area contributed by atoms with Gasteiger partial charge in [-0.2, -0.15) is 16.4 Å². The number of carbonyl (C=O) groups excluding carboxylic acids is 1. The van der Waals surface area contributed by atoms with Crippen LogP contribution in [-0.2, 0) is 4.79 Å². The fourth-order valence-electron chi connectivity index (χ4n) is 5.45. The molecule has 0 spiro atoms. The second-order valence-electron chi connectivity index (χ2n) is 10.1. The molecule has 7 rings (SSSR count). The Balaban J connectivity index is 1.19. The molecule has 0 saturated heterocycles. The lowest BCUT2D eigenvalue weighted by atomic mass is 9.87. The zero-order valence-electron chi connectivity index (χ0n) is 21.1. The monoisotopic (exact) mass is 534 g/mol. The second-order valence-corrected chi connectivity index (χ2v) is 10.8. The molecule has 1 fully saturated rings. The molecule has 0 unspecified atom stereocenters. The summed E-state index contributed by atoms with van der Waals surface area (Å²) in [6, 6.07) is 7.96. The first kappa shape index (κ1) is 23.7. The number of aromatic amines is 2. The van der Waals surface area contributed by atoms with E-state index in [0.29, 0.717) is 35.2 Å². The Morgan fingerprint density at radius 3 is 2.85 bits per heavy atom. The van der Waals surface area contributed by atoms with Gasteiger partial charge in [0.2, 0.25) is 5.91 Å². The van der Waals surface area contributed by atoms with Crippen LogP contribution in [0.4, 0.5) is 5.69 Å². The van der Waals surface area contributed by atoms with E-state index >= 15 is 0 Å². The van der Waals surface area contributed by atoms with E-state index in [1.165, 1.54) is 19.3 Å². The van der Waals surface area contributed by atoms with Crippen molar-refractivity contribution in [1.82, 2.24) is 35.1 Å². The van der Waals surface area contributed by atoms with E-state index in [2.05, 4.69) is 52.3 Å². The molecule has 1 aliphatic carbocycles. The summed E-state index contributed by atoms with van der Waals surface area (Å²) >= 11 is 1.65. The van der Waals surface area contributed by atoms with Crippen LogP contribution >= 0.6 is 11.3 Å². The number of anilines is 1. The summed E-state index contributed by atoms with van der Waals surface area (Å²) in [6.45, 7) is 0. The quantitative estimate of drug-likeness (QED) is 0.221. The summed E-state index contributed by atoms with van der Waals surface area (Å²) in [5.74, 6) is 1.15. The normalized spacial score (nSPS) is 14.3. The highest BCUT2D eigenvalue weighted by molar-refractivity contribution is 7.08. The van der Waals surface area contributed by atoms with E-state index < -0.39 is 0 Å². The molecule has 0 aromatic carbocycles. The summed E-state index contributed by atoms with van der Waals surface area (Å²) in [5.41, 5.74) is 7.39. The van der Waals surface area contributed by atoms with Crippen LogP contribution in [0.15, 0.2) is 59.8 Å². The largest absolute Gasteiger partial charge is 0.335 e. The predicted molar refractivity (Wildman–Crippen MR) is 153 cm³/mol. The first-order chi connectivity index (χ1) is 19.2. The molecular formula is C29H26N8OS. The van der Waals surface area contributed by atoms with Gasteiger partial charge in [0.15, 0.2) is 11.5 Å². The third kappa shape index (κ3) is 4.67. The third-order valence-corrected chi connectivity index (χ3v) is 8.10. The highest BCUT2D eigenvalue weighted by atomic mass is 32.1. The number of amides is 1. The Kier molecular flexibility index (Phi) is 6.08. The molecule has 9 nitrogen and oxygen atoms in total. The minimum absolute atomic E-state index is 0.0432. The number of fused-ring (bicyclic) bond motifs is 2. The lowest BCUT2D eigenvalue weighted by Gasteiger charge is -2.20. The molecule has 3 N–H and O–H groups in total. The van der Waals surface area contributed by atoms with Gasteiger partial charge in [-0.25, -0.2) is 9.97 Å². The topological polar surface area (TPSA) is 125 Å². The maximum absolute atomic E-state index is 12.7. The average molecular weight is 535 g/mol. The zero-order chi connectivity index (χ0) is 26.2. The number of H-pyrrole nitrogens is 2. The Bertz CT molecular complexity index is 1780. The number of hydrogen-bond acceptors (Lipinski definition) is 7. The van der Waals surface area contributed by atoms with Gasteiger partial charge in [0.1, 0.15) is 5.69 Å². The minimum atomic E-state index is 0.0432. The Hall–Kier alpha value is -4.44. The number of rotatable bonds is 6. The molecule has 6 aromatic heterocycles. The molecule has 10 heteroatoms. The summed E-state index contributed by atoms with van der Waals surface area (Å²) in [6.07, 6.45) is 13.5. The maximum Gasteiger partial charge on any atom is 0.224 e. The summed E-state index contributed by atoms with van der Waals surface area (Å²) in [5, 5.41) is 15.7. The number of nitrogens with zero attached hydrogens (tertiary/aromatic N) is 5. The number of nitrogens with one attached hydrogen (secondary N) is 3. The Labute approximate surface area is 228 Å². The van der Waals surface area contributed by atoms with Crippen LogP contribution < -0.4 is 5.32 Å². The van der Waals surface area contributed by atoms with E-state index in [9.17, 15) is 4.79 Å². The van der Waals surface area contributed by atoms with Gasteiger partial charge >= 0.3 is 0 Å². The van der Waals surface area contributed by atoms with E-state index in [4.69, 9.17) is 4.98 Å². The molecule has 0 atom stereocenters. The van der Waals surface area contributed by atoms with E-state index in [1.54, 1.807) is 36.1 Å². The van der Waals surface area contributed by atoms with Gasteiger partial charge in [0, 0.05) is 35.3 Å². The Morgan fingerprint density at radius 1 is 1.05 bits per heavy atom. The molecule has 0 aliphatic heterocycles. The molecular weight excluding hydrogens is 508 g/mol.